The summed E-state index contributed by atoms with van der Waals surface area (Å²) >= 11 is 0. The van der Waals surface area contributed by atoms with Gasteiger partial charge in [-0.3, -0.25) is 0 Å². The maximum absolute atomic E-state index is 2.65. The highest BCUT2D eigenvalue weighted by Crippen LogP contribution is 2.10. The van der Waals surface area contributed by atoms with Gasteiger partial charge in [0, 0.05) is 0 Å². The SMILES string of the molecule is CC[Si](C)N(C)[Si](C)(C)C. The minimum Gasteiger partial charge on any atom is -0.349 e. The van der Waals surface area contributed by atoms with E-state index in [1.807, 2.05) is 0 Å². The Hall–Kier alpha value is 0.394. The van der Waals surface area contributed by atoms with Gasteiger partial charge in [-0.1, -0.05) is 33.1 Å². The van der Waals surface area contributed by atoms with Crippen LogP contribution in [0.2, 0.25) is 32.2 Å². The normalized spacial score (nSPS) is 13.2. The molecule has 0 saturated carbocycles. The zero-order chi connectivity index (χ0) is 8.36. The number of nitrogens with zero attached hydrogens (tertiary/aromatic N) is 1. The van der Waals surface area contributed by atoms with Crippen molar-refractivity contribution < 1.29 is 0 Å². The van der Waals surface area contributed by atoms with Crippen LogP contribution in [0.5, 0.6) is 0 Å². The van der Waals surface area contributed by atoms with Gasteiger partial charge < -0.3 is 4.23 Å². The van der Waals surface area contributed by atoms with E-state index in [1.54, 1.807) is 0 Å². The molecule has 0 aliphatic carbocycles. The molecular weight excluding hydrogens is 154 g/mol. The monoisotopic (exact) mass is 174 g/mol. The summed E-state index contributed by atoms with van der Waals surface area (Å²) in [7, 11) is 1.16. The quantitative estimate of drug-likeness (QED) is 0.594. The minimum atomic E-state index is -0.966. The molecule has 10 heavy (non-hydrogen) atoms. The van der Waals surface area contributed by atoms with Crippen molar-refractivity contribution in [2.45, 2.75) is 39.2 Å². The predicted octanol–water partition coefficient (Wildman–Crippen LogP) is 2.39. The molecular formula is C7H20NSi2. The molecule has 0 unspecified atom stereocenters. The van der Waals surface area contributed by atoms with Crippen molar-refractivity contribution in [3.63, 3.8) is 0 Å². The minimum absolute atomic E-state index is 0.169. The summed E-state index contributed by atoms with van der Waals surface area (Å²) in [4.78, 5) is 0. The molecule has 0 aromatic carbocycles. The lowest BCUT2D eigenvalue weighted by Crippen LogP contribution is -2.50. The molecule has 1 radical (unpaired) electrons. The molecule has 0 bridgehead atoms. The Bertz CT molecular complexity index is 98.3. The van der Waals surface area contributed by atoms with Crippen LogP contribution >= 0.6 is 0 Å². The van der Waals surface area contributed by atoms with E-state index in [-0.39, 0.29) is 8.96 Å². The molecule has 0 amide bonds. The summed E-state index contributed by atoms with van der Waals surface area (Å²) in [6, 6.07) is 1.37. The van der Waals surface area contributed by atoms with Crippen LogP contribution in [0.1, 0.15) is 6.92 Å². The second-order valence-corrected chi connectivity index (χ2v) is 12.1. The third-order valence-corrected chi connectivity index (χ3v) is 9.43. The second kappa shape index (κ2) is 3.69. The lowest BCUT2D eigenvalue weighted by atomic mass is 11.0. The standard InChI is InChI=1S/C7H20NSi2/c1-7-9(3)8(2)10(4,5)6/h7H2,1-6H3. The fourth-order valence-electron chi connectivity index (χ4n) is 0.810. The van der Waals surface area contributed by atoms with Gasteiger partial charge in [-0.05, 0) is 13.1 Å². The lowest BCUT2D eigenvalue weighted by molar-refractivity contribution is 0.773. The van der Waals surface area contributed by atoms with Gasteiger partial charge in [0.1, 0.15) is 17.2 Å². The van der Waals surface area contributed by atoms with Crippen molar-refractivity contribution in [2.24, 2.45) is 0 Å². The molecule has 61 valence electrons. The summed E-state index contributed by atoms with van der Waals surface area (Å²) < 4.78 is 2.65. The summed E-state index contributed by atoms with van der Waals surface area (Å²) in [5.74, 6) is 0. The molecule has 0 atom stereocenters. The van der Waals surface area contributed by atoms with Crippen molar-refractivity contribution >= 4 is 17.2 Å². The molecule has 0 aliphatic rings. The Balaban J connectivity index is 3.94. The van der Waals surface area contributed by atoms with Crippen molar-refractivity contribution in [1.29, 1.82) is 0 Å². The zero-order valence-electron chi connectivity index (χ0n) is 8.15. The van der Waals surface area contributed by atoms with Crippen molar-refractivity contribution in [2.75, 3.05) is 7.05 Å². The van der Waals surface area contributed by atoms with Crippen LogP contribution in [0.3, 0.4) is 0 Å². The van der Waals surface area contributed by atoms with Crippen LogP contribution in [-0.4, -0.2) is 28.5 Å². The molecule has 3 heteroatoms. The van der Waals surface area contributed by atoms with Crippen molar-refractivity contribution in [3.05, 3.63) is 0 Å². The van der Waals surface area contributed by atoms with E-state index in [2.05, 4.69) is 44.4 Å². The van der Waals surface area contributed by atoms with Crippen LogP contribution in [0.25, 0.3) is 0 Å². The topological polar surface area (TPSA) is 3.24 Å². The lowest BCUT2D eigenvalue weighted by Gasteiger charge is -2.34. The molecule has 0 aromatic rings. The number of rotatable bonds is 3. The molecule has 0 saturated heterocycles. The van der Waals surface area contributed by atoms with Gasteiger partial charge in [0.15, 0.2) is 0 Å². The average Bonchev–Trinajstić information content (AvgIpc) is 1.83. The molecule has 0 aliphatic heterocycles. The first-order chi connectivity index (χ1) is 4.39. The highest BCUT2D eigenvalue weighted by atomic mass is 28.4. The van der Waals surface area contributed by atoms with Crippen LogP contribution < -0.4 is 0 Å². The Labute approximate surface area is 68.2 Å². The summed E-state index contributed by atoms with van der Waals surface area (Å²) in [5.41, 5.74) is 0. The molecule has 0 rings (SSSR count). The molecule has 1 nitrogen and oxygen atoms in total. The van der Waals surface area contributed by atoms with Crippen molar-refractivity contribution in [1.82, 2.24) is 4.23 Å². The second-order valence-electron chi connectivity index (χ2n) is 3.82. The van der Waals surface area contributed by atoms with Gasteiger partial charge >= 0.3 is 0 Å². The van der Waals surface area contributed by atoms with Crippen molar-refractivity contribution in [3.8, 4) is 0 Å². The fraction of sp³-hybridized carbons (Fsp3) is 1.00. The highest BCUT2D eigenvalue weighted by molar-refractivity contribution is 6.82. The van der Waals surface area contributed by atoms with E-state index in [4.69, 9.17) is 0 Å². The number of hydrogen-bond donors (Lipinski definition) is 0. The number of hydrogen-bond acceptors (Lipinski definition) is 1. The molecule has 0 fully saturated rings. The van der Waals surface area contributed by atoms with Gasteiger partial charge in [0.2, 0.25) is 0 Å². The van der Waals surface area contributed by atoms with Gasteiger partial charge in [-0.2, -0.15) is 0 Å². The summed E-state index contributed by atoms with van der Waals surface area (Å²) in [6.45, 7) is 11.9. The Morgan fingerprint density at radius 3 is 1.80 bits per heavy atom. The largest absolute Gasteiger partial charge is 0.349 e. The van der Waals surface area contributed by atoms with E-state index >= 15 is 0 Å². The Kier molecular flexibility index (Phi) is 3.83. The fourth-order valence-corrected chi connectivity index (χ4v) is 6.34. The molecule has 0 heterocycles. The molecule has 0 spiro atoms. The first-order valence-corrected chi connectivity index (χ1v) is 9.56. The van der Waals surface area contributed by atoms with E-state index in [0.29, 0.717) is 0 Å². The Morgan fingerprint density at radius 1 is 1.30 bits per heavy atom. The molecule has 0 N–H and O–H groups in total. The maximum atomic E-state index is 2.65. The van der Waals surface area contributed by atoms with Gasteiger partial charge in [0.05, 0.1) is 0 Å². The smallest absolute Gasteiger partial charge is 0.125 e. The van der Waals surface area contributed by atoms with E-state index in [0.717, 1.165) is 0 Å². The van der Waals surface area contributed by atoms with Gasteiger partial charge in [-0.25, -0.2) is 0 Å². The van der Waals surface area contributed by atoms with Crippen LogP contribution in [0, 0.1) is 0 Å². The summed E-state index contributed by atoms with van der Waals surface area (Å²) in [5, 5.41) is 0. The maximum Gasteiger partial charge on any atom is 0.125 e. The van der Waals surface area contributed by atoms with E-state index in [1.165, 1.54) is 6.04 Å². The van der Waals surface area contributed by atoms with E-state index < -0.39 is 8.24 Å². The predicted molar refractivity (Wildman–Crippen MR) is 53.2 cm³/mol. The third kappa shape index (κ3) is 2.99. The van der Waals surface area contributed by atoms with Crippen LogP contribution in [0.15, 0.2) is 0 Å². The van der Waals surface area contributed by atoms with Gasteiger partial charge in [-0.15, -0.1) is 0 Å². The first-order valence-electron chi connectivity index (χ1n) is 3.96. The zero-order valence-corrected chi connectivity index (χ0v) is 10.2. The summed E-state index contributed by atoms with van der Waals surface area (Å²) in [6.07, 6.45) is 0. The van der Waals surface area contributed by atoms with E-state index in [9.17, 15) is 0 Å². The molecule has 0 aromatic heterocycles. The van der Waals surface area contributed by atoms with Crippen LogP contribution in [0.4, 0.5) is 0 Å². The third-order valence-electron chi connectivity index (χ3n) is 2.09. The highest BCUT2D eigenvalue weighted by Gasteiger charge is 2.23. The van der Waals surface area contributed by atoms with Crippen LogP contribution in [-0.2, 0) is 0 Å². The first kappa shape index (κ1) is 10.4. The Morgan fingerprint density at radius 2 is 1.70 bits per heavy atom. The van der Waals surface area contributed by atoms with Gasteiger partial charge in [0.25, 0.3) is 0 Å². The average molecular weight is 174 g/mol.